The third kappa shape index (κ3) is 4.35. The van der Waals surface area contributed by atoms with E-state index in [0.717, 1.165) is 30.0 Å². The summed E-state index contributed by atoms with van der Waals surface area (Å²) in [7, 11) is 0. The Kier molecular flexibility index (Phi) is 5.62. The van der Waals surface area contributed by atoms with Crippen LogP contribution in [0.5, 0.6) is 0 Å². The van der Waals surface area contributed by atoms with E-state index in [1.807, 2.05) is 12.1 Å². The minimum Gasteiger partial charge on any atom is -0.350 e. The molecule has 8 heteroatoms. The number of nitrogens with zero attached hydrogens (tertiary/aromatic N) is 4. The number of hydrogen-bond acceptors (Lipinski definition) is 4. The Morgan fingerprint density at radius 2 is 2.11 bits per heavy atom. The summed E-state index contributed by atoms with van der Waals surface area (Å²) in [6.45, 7) is 0.984. The van der Waals surface area contributed by atoms with Crippen LogP contribution in [0.2, 0.25) is 5.02 Å². The molecule has 4 rings (SSSR count). The summed E-state index contributed by atoms with van der Waals surface area (Å²) in [6.07, 6.45) is 8.63. The van der Waals surface area contributed by atoms with Crippen molar-refractivity contribution in [2.24, 2.45) is 5.92 Å². The molecule has 2 amide bonds. The summed E-state index contributed by atoms with van der Waals surface area (Å²) in [6, 6.07) is 5.07. The monoisotopic (exact) mass is 401 g/mol. The van der Waals surface area contributed by atoms with Gasteiger partial charge in [0.1, 0.15) is 18.7 Å². The Hall–Kier alpha value is -2.41. The van der Waals surface area contributed by atoms with Gasteiger partial charge in [0.25, 0.3) is 0 Å². The maximum atomic E-state index is 12.8. The molecule has 7 nitrogen and oxygen atoms in total. The number of amides is 2. The smallest absolute Gasteiger partial charge is 0.243 e. The molecule has 1 atom stereocenters. The topological polar surface area (TPSA) is 80.1 Å². The Labute approximate surface area is 169 Å². The molecule has 0 radical (unpaired) electrons. The summed E-state index contributed by atoms with van der Waals surface area (Å²) >= 11 is 6.14. The molecule has 2 heterocycles. The van der Waals surface area contributed by atoms with E-state index in [1.54, 1.807) is 22.0 Å². The van der Waals surface area contributed by atoms with Gasteiger partial charge in [-0.25, -0.2) is 9.67 Å². The summed E-state index contributed by atoms with van der Waals surface area (Å²) in [4.78, 5) is 31.1. The van der Waals surface area contributed by atoms with Gasteiger partial charge in [-0.1, -0.05) is 24.4 Å². The number of rotatable bonds is 7. The van der Waals surface area contributed by atoms with E-state index in [9.17, 15) is 9.59 Å². The molecule has 1 aliphatic carbocycles. The molecule has 1 saturated heterocycles. The molecule has 0 bridgehead atoms. The molecule has 1 saturated carbocycles. The van der Waals surface area contributed by atoms with Crippen LogP contribution in [0.25, 0.3) is 5.69 Å². The minimum absolute atomic E-state index is 0.107. The largest absolute Gasteiger partial charge is 0.350 e. The molecular weight excluding hydrogens is 378 g/mol. The van der Waals surface area contributed by atoms with Crippen molar-refractivity contribution >= 4 is 23.4 Å². The van der Waals surface area contributed by atoms with Gasteiger partial charge < -0.3 is 10.2 Å². The summed E-state index contributed by atoms with van der Waals surface area (Å²) in [5.41, 5.74) is 1.65. The van der Waals surface area contributed by atoms with Crippen molar-refractivity contribution in [3.63, 3.8) is 0 Å². The fourth-order valence-corrected chi connectivity index (χ4v) is 3.96. The van der Waals surface area contributed by atoms with E-state index in [4.69, 9.17) is 11.6 Å². The van der Waals surface area contributed by atoms with Gasteiger partial charge in [-0.3, -0.25) is 9.59 Å². The van der Waals surface area contributed by atoms with E-state index in [-0.39, 0.29) is 17.9 Å². The standard InChI is InChI=1S/C20H24ClN5O2/c21-16-6-7-17(26-13-22-12-24-26)15(10-16)11-23-20(28)18-2-1-9-25(18)19(27)8-5-14-3-4-14/h6-7,10,12-14,18H,1-5,8-9,11H2,(H,23,28). The highest BCUT2D eigenvalue weighted by molar-refractivity contribution is 6.30. The zero-order valence-electron chi connectivity index (χ0n) is 15.7. The van der Waals surface area contributed by atoms with E-state index in [2.05, 4.69) is 15.4 Å². The highest BCUT2D eigenvalue weighted by Crippen LogP contribution is 2.34. The van der Waals surface area contributed by atoms with Crippen LogP contribution in [0.4, 0.5) is 0 Å². The lowest BCUT2D eigenvalue weighted by Crippen LogP contribution is -2.45. The number of benzene rings is 1. The quantitative estimate of drug-likeness (QED) is 0.773. The number of hydrogen-bond donors (Lipinski definition) is 1. The SMILES string of the molecule is O=C(NCc1cc(Cl)ccc1-n1cncn1)C1CCCN1C(=O)CCC1CC1. The van der Waals surface area contributed by atoms with Crippen molar-refractivity contribution in [2.75, 3.05) is 6.54 Å². The molecule has 1 aliphatic heterocycles. The number of carbonyl (C=O) groups is 2. The minimum atomic E-state index is -0.374. The lowest BCUT2D eigenvalue weighted by atomic mass is 10.1. The zero-order chi connectivity index (χ0) is 19.5. The van der Waals surface area contributed by atoms with Crippen LogP contribution in [-0.4, -0.2) is 44.1 Å². The highest BCUT2D eigenvalue weighted by atomic mass is 35.5. The average molecular weight is 402 g/mol. The first-order chi connectivity index (χ1) is 13.6. The number of halogens is 1. The summed E-state index contributed by atoms with van der Waals surface area (Å²) < 4.78 is 1.64. The molecule has 2 aliphatic rings. The maximum absolute atomic E-state index is 12.8. The first-order valence-electron chi connectivity index (χ1n) is 9.82. The van der Waals surface area contributed by atoms with Crippen LogP contribution in [0, 0.1) is 5.92 Å². The van der Waals surface area contributed by atoms with Gasteiger partial charge in [0, 0.05) is 24.5 Å². The van der Waals surface area contributed by atoms with Crippen LogP contribution >= 0.6 is 11.6 Å². The Morgan fingerprint density at radius 3 is 2.86 bits per heavy atom. The predicted molar refractivity (Wildman–Crippen MR) is 105 cm³/mol. The fraction of sp³-hybridized carbons (Fsp3) is 0.500. The number of carbonyl (C=O) groups excluding carboxylic acids is 2. The molecule has 1 N–H and O–H groups in total. The number of nitrogens with one attached hydrogen (secondary N) is 1. The average Bonchev–Trinajstić information content (AvgIpc) is 3.16. The van der Waals surface area contributed by atoms with Crippen LogP contribution in [0.1, 0.15) is 44.1 Å². The summed E-state index contributed by atoms with van der Waals surface area (Å²) in [5.74, 6) is 0.717. The van der Waals surface area contributed by atoms with Crippen molar-refractivity contribution < 1.29 is 9.59 Å². The molecule has 1 aromatic carbocycles. The van der Waals surface area contributed by atoms with E-state index < -0.39 is 0 Å². The van der Waals surface area contributed by atoms with Crippen LogP contribution in [0.3, 0.4) is 0 Å². The van der Waals surface area contributed by atoms with E-state index >= 15 is 0 Å². The number of likely N-dealkylation sites (tertiary alicyclic amines) is 1. The van der Waals surface area contributed by atoms with Gasteiger partial charge in [0.2, 0.25) is 11.8 Å². The molecule has 148 valence electrons. The third-order valence-electron chi connectivity index (χ3n) is 5.50. The predicted octanol–water partition coefficient (Wildman–Crippen LogP) is 2.72. The highest BCUT2D eigenvalue weighted by Gasteiger charge is 2.34. The molecule has 0 spiro atoms. The summed E-state index contributed by atoms with van der Waals surface area (Å²) in [5, 5.41) is 7.72. The maximum Gasteiger partial charge on any atom is 0.243 e. The van der Waals surface area contributed by atoms with Gasteiger partial charge in [0.15, 0.2) is 0 Å². The van der Waals surface area contributed by atoms with Gasteiger partial charge in [-0.05, 0) is 48.9 Å². The molecule has 2 fully saturated rings. The molecule has 1 aromatic heterocycles. The van der Waals surface area contributed by atoms with Crippen LogP contribution in [0.15, 0.2) is 30.9 Å². The molecular formula is C20H24ClN5O2. The second-order valence-corrected chi connectivity index (χ2v) is 7.99. The molecule has 1 unspecified atom stereocenters. The molecule has 28 heavy (non-hydrogen) atoms. The lowest BCUT2D eigenvalue weighted by molar-refractivity contribution is -0.138. The van der Waals surface area contributed by atoms with Gasteiger partial charge in [-0.2, -0.15) is 5.10 Å². The first-order valence-corrected chi connectivity index (χ1v) is 10.2. The Bertz CT molecular complexity index is 850. The molecule has 2 aromatic rings. The van der Waals surface area contributed by atoms with Gasteiger partial charge >= 0.3 is 0 Å². The van der Waals surface area contributed by atoms with Gasteiger partial charge in [-0.15, -0.1) is 0 Å². The van der Waals surface area contributed by atoms with Crippen LogP contribution in [-0.2, 0) is 16.1 Å². The van der Waals surface area contributed by atoms with Crippen molar-refractivity contribution in [1.82, 2.24) is 25.0 Å². The Morgan fingerprint density at radius 1 is 1.25 bits per heavy atom. The second kappa shape index (κ2) is 8.31. The fourth-order valence-electron chi connectivity index (χ4n) is 3.77. The van der Waals surface area contributed by atoms with E-state index in [1.165, 1.54) is 19.2 Å². The van der Waals surface area contributed by atoms with Crippen molar-refractivity contribution in [1.29, 1.82) is 0 Å². The Balaban J connectivity index is 1.40. The number of aromatic nitrogens is 3. The van der Waals surface area contributed by atoms with Crippen molar-refractivity contribution in [3.8, 4) is 5.69 Å². The van der Waals surface area contributed by atoms with Crippen LogP contribution < -0.4 is 5.32 Å². The first kappa shape index (κ1) is 18.9. The zero-order valence-corrected chi connectivity index (χ0v) is 16.4. The van der Waals surface area contributed by atoms with E-state index in [0.29, 0.717) is 31.0 Å². The third-order valence-corrected chi connectivity index (χ3v) is 5.73. The normalized spacial score (nSPS) is 19.0. The second-order valence-electron chi connectivity index (χ2n) is 7.56. The van der Waals surface area contributed by atoms with Gasteiger partial charge in [0.05, 0.1) is 5.69 Å². The lowest BCUT2D eigenvalue weighted by Gasteiger charge is -2.24. The van der Waals surface area contributed by atoms with Crippen molar-refractivity contribution in [3.05, 3.63) is 41.4 Å². The van der Waals surface area contributed by atoms with Crippen molar-refractivity contribution in [2.45, 2.75) is 51.1 Å².